The fraction of sp³-hybridized carbons (Fsp3) is 0.600. The van der Waals surface area contributed by atoms with Crippen molar-refractivity contribution in [2.75, 3.05) is 18.0 Å². The lowest BCUT2D eigenvalue weighted by molar-refractivity contribution is 0.318. The molecule has 1 aliphatic rings. The first-order valence-electron chi connectivity index (χ1n) is 7.19. The molecule has 0 aromatic heterocycles. The molecule has 1 aromatic rings. The zero-order valence-corrected chi connectivity index (χ0v) is 12.4. The highest BCUT2D eigenvalue weighted by atomic mass is 19.2. The Bertz CT molecular complexity index is 493. The number of nitrogens with zero attached hydrogens (tertiary/aromatic N) is 1. The summed E-state index contributed by atoms with van der Waals surface area (Å²) in [6.07, 6.45) is 0.620. The third kappa shape index (κ3) is 3.00. The second-order valence-electron chi connectivity index (χ2n) is 5.79. The van der Waals surface area contributed by atoms with Gasteiger partial charge in [0.1, 0.15) is 5.69 Å². The highest BCUT2D eigenvalue weighted by Gasteiger charge is 2.33. The van der Waals surface area contributed by atoms with Crippen LogP contribution < -0.4 is 10.2 Å². The average molecular weight is 304 g/mol. The standard InChI is InChI=1S/C15H20F4N2/c1-4-9-6-20-12(8(2)3)7-21(9)15-13(18)10(16)5-11(17)14(15)19/h5,8-9,12,20H,4,6-7H2,1-3H3. The smallest absolute Gasteiger partial charge is 0.185 e. The van der Waals surface area contributed by atoms with Crippen molar-refractivity contribution in [1.82, 2.24) is 5.32 Å². The van der Waals surface area contributed by atoms with Gasteiger partial charge in [0.2, 0.25) is 0 Å². The zero-order chi connectivity index (χ0) is 15.7. The van der Waals surface area contributed by atoms with E-state index in [1.165, 1.54) is 4.90 Å². The minimum absolute atomic E-state index is 0.0120. The van der Waals surface area contributed by atoms with Crippen LogP contribution in [-0.2, 0) is 0 Å². The predicted molar refractivity (Wildman–Crippen MR) is 74.3 cm³/mol. The van der Waals surface area contributed by atoms with E-state index in [4.69, 9.17) is 0 Å². The second-order valence-corrected chi connectivity index (χ2v) is 5.79. The highest BCUT2D eigenvalue weighted by molar-refractivity contribution is 5.52. The zero-order valence-electron chi connectivity index (χ0n) is 12.4. The molecule has 1 aromatic carbocycles. The number of nitrogens with one attached hydrogen (secondary N) is 1. The van der Waals surface area contributed by atoms with Crippen LogP contribution in [0.2, 0.25) is 0 Å². The maximum absolute atomic E-state index is 14.0. The summed E-state index contributed by atoms with van der Waals surface area (Å²) >= 11 is 0. The molecule has 1 heterocycles. The summed E-state index contributed by atoms with van der Waals surface area (Å²) in [5.41, 5.74) is -0.591. The molecular weight excluding hydrogens is 284 g/mol. The van der Waals surface area contributed by atoms with Gasteiger partial charge in [0.15, 0.2) is 23.3 Å². The third-order valence-electron chi connectivity index (χ3n) is 4.10. The molecular formula is C15H20F4N2. The van der Waals surface area contributed by atoms with E-state index in [-0.39, 0.29) is 24.1 Å². The maximum Gasteiger partial charge on any atom is 0.185 e. The summed E-state index contributed by atoms with van der Waals surface area (Å²) in [5, 5.41) is 3.31. The molecule has 6 heteroatoms. The van der Waals surface area contributed by atoms with Crippen LogP contribution in [0.5, 0.6) is 0 Å². The van der Waals surface area contributed by atoms with Gasteiger partial charge in [-0.15, -0.1) is 0 Å². The molecule has 21 heavy (non-hydrogen) atoms. The van der Waals surface area contributed by atoms with Gasteiger partial charge in [-0.3, -0.25) is 0 Å². The summed E-state index contributed by atoms with van der Waals surface area (Å²) in [6.45, 7) is 6.69. The summed E-state index contributed by atoms with van der Waals surface area (Å²) in [6, 6.07) is 0.0557. The molecule has 0 bridgehead atoms. The number of piperazine rings is 1. The molecule has 2 rings (SSSR count). The van der Waals surface area contributed by atoms with Crippen molar-refractivity contribution in [3.63, 3.8) is 0 Å². The Morgan fingerprint density at radius 2 is 1.76 bits per heavy atom. The predicted octanol–water partition coefficient (Wildman–Crippen LogP) is 3.46. The van der Waals surface area contributed by atoms with Gasteiger partial charge in [-0.25, -0.2) is 17.6 Å². The largest absolute Gasteiger partial charge is 0.361 e. The Labute approximate surface area is 122 Å². The van der Waals surface area contributed by atoms with Crippen LogP contribution in [0.3, 0.4) is 0 Å². The molecule has 118 valence electrons. The first-order valence-corrected chi connectivity index (χ1v) is 7.19. The van der Waals surface area contributed by atoms with Gasteiger partial charge in [-0.1, -0.05) is 20.8 Å². The quantitative estimate of drug-likeness (QED) is 0.679. The topological polar surface area (TPSA) is 15.3 Å². The minimum Gasteiger partial charge on any atom is -0.361 e. The Morgan fingerprint density at radius 1 is 1.19 bits per heavy atom. The van der Waals surface area contributed by atoms with Gasteiger partial charge >= 0.3 is 0 Å². The number of hydrogen-bond acceptors (Lipinski definition) is 2. The van der Waals surface area contributed by atoms with Crippen molar-refractivity contribution in [3.05, 3.63) is 29.3 Å². The van der Waals surface area contributed by atoms with E-state index in [9.17, 15) is 17.6 Å². The molecule has 0 spiro atoms. The second kappa shape index (κ2) is 6.22. The fourth-order valence-electron chi connectivity index (χ4n) is 2.72. The molecule has 0 amide bonds. The van der Waals surface area contributed by atoms with E-state index in [2.05, 4.69) is 5.32 Å². The Balaban J connectivity index is 2.46. The molecule has 0 radical (unpaired) electrons. The van der Waals surface area contributed by atoms with Crippen LogP contribution in [0.4, 0.5) is 23.2 Å². The Kier molecular flexibility index (Phi) is 4.76. The van der Waals surface area contributed by atoms with Gasteiger partial charge in [-0.05, 0) is 12.3 Å². The van der Waals surface area contributed by atoms with Gasteiger partial charge in [0, 0.05) is 31.2 Å². The average Bonchev–Trinajstić information content (AvgIpc) is 2.45. The summed E-state index contributed by atoms with van der Waals surface area (Å²) < 4.78 is 54.9. The van der Waals surface area contributed by atoms with Crippen molar-refractivity contribution in [1.29, 1.82) is 0 Å². The van der Waals surface area contributed by atoms with Crippen molar-refractivity contribution in [3.8, 4) is 0 Å². The van der Waals surface area contributed by atoms with Gasteiger partial charge in [0.05, 0.1) is 0 Å². The van der Waals surface area contributed by atoms with E-state index < -0.39 is 29.0 Å². The SMILES string of the molecule is CCC1CNC(C(C)C)CN1c1c(F)c(F)cc(F)c1F. The summed E-state index contributed by atoms with van der Waals surface area (Å²) in [7, 11) is 0. The van der Waals surface area contributed by atoms with Gasteiger partial charge in [-0.2, -0.15) is 0 Å². The monoisotopic (exact) mass is 304 g/mol. The molecule has 0 saturated carbocycles. The van der Waals surface area contributed by atoms with E-state index in [0.717, 1.165) is 0 Å². The molecule has 2 unspecified atom stereocenters. The fourth-order valence-corrected chi connectivity index (χ4v) is 2.72. The van der Waals surface area contributed by atoms with Crippen LogP contribution in [0, 0.1) is 29.2 Å². The number of benzene rings is 1. The summed E-state index contributed by atoms with van der Waals surface area (Å²) in [4.78, 5) is 1.46. The molecule has 1 saturated heterocycles. The van der Waals surface area contributed by atoms with Crippen LogP contribution >= 0.6 is 0 Å². The van der Waals surface area contributed by atoms with E-state index in [1.807, 2.05) is 20.8 Å². The number of halogens is 4. The Hall–Kier alpha value is -1.30. The van der Waals surface area contributed by atoms with Crippen molar-refractivity contribution < 1.29 is 17.6 Å². The van der Waals surface area contributed by atoms with E-state index in [0.29, 0.717) is 19.5 Å². The van der Waals surface area contributed by atoms with Crippen LogP contribution in [0.25, 0.3) is 0 Å². The normalized spacial score (nSPS) is 23.0. The molecule has 2 nitrogen and oxygen atoms in total. The van der Waals surface area contributed by atoms with E-state index in [1.54, 1.807) is 0 Å². The number of rotatable bonds is 3. The first-order chi connectivity index (χ1) is 9.86. The van der Waals surface area contributed by atoms with Gasteiger partial charge in [0.25, 0.3) is 0 Å². The lowest BCUT2D eigenvalue weighted by atomic mass is 9.97. The van der Waals surface area contributed by atoms with Crippen molar-refractivity contribution >= 4 is 5.69 Å². The van der Waals surface area contributed by atoms with E-state index >= 15 is 0 Å². The molecule has 0 aliphatic carbocycles. The third-order valence-corrected chi connectivity index (χ3v) is 4.10. The van der Waals surface area contributed by atoms with Crippen LogP contribution in [-0.4, -0.2) is 25.2 Å². The van der Waals surface area contributed by atoms with Crippen molar-refractivity contribution in [2.24, 2.45) is 5.92 Å². The summed E-state index contributed by atoms with van der Waals surface area (Å²) in [5.74, 6) is -5.12. The van der Waals surface area contributed by atoms with Crippen molar-refractivity contribution in [2.45, 2.75) is 39.3 Å². The minimum atomic E-state index is -1.36. The maximum atomic E-state index is 14.0. The Morgan fingerprint density at radius 3 is 2.24 bits per heavy atom. The molecule has 1 N–H and O–H groups in total. The molecule has 1 fully saturated rings. The lowest BCUT2D eigenvalue weighted by Crippen LogP contribution is -2.58. The first kappa shape index (κ1) is 16.1. The van der Waals surface area contributed by atoms with Crippen LogP contribution in [0.15, 0.2) is 6.07 Å². The molecule has 2 atom stereocenters. The lowest BCUT2D eigenvalue weighted by Gasteiger charge is -2.43. The highest BCUT2D eigenvalue weighted by Crippen LogP contribution is 2.31. The molecule has 1 aliphatic heterocycles. The van der Waals surface area contributed by atoms with Crippen LogP contribution in [0.1, 0.15) is 27.2 Å². The van der Waals surface area contributed by atoms with Gasteiger partial charge < -0.3 is 10.2 Å². The number of hydrogen-bond donors (Lipinski definition) is 1. The number of anilines is 1.